The Morgan fingerprint density at radius 3 is 2.52 bits per heavy atom. The highest BCUT2D eigenvalue weighted by molar-refractivity contribution is 5.76. The molecule has 0 bridgehead atoms. The van der Waals surface area contributed by atoms with Crippen LogP contribution in [0.25, 0.3) is 0 Å². The summed E-state index contributed by atoms with van der Waals surface area (Å²) in [7, 11) is 0. The van der Waals surface area contributed by atoms with Crippen LogP contribution in [-0.4, -0.2) is 40.9 Å². The maximum absolute atomic E-state index is 12.1. The molecule has 2 heterocycles. The maximum atomic E-state index is 12.1. The Balaban J connectivity index is 1.83. The fourth-order valence-corrected chi connectivity index (χ4v) is 2.69. The van der Waals surface area contributed by atoms with Gasteiger partial charge in [-0.1, -0.05) is 6.07 Å². The predicted octanol–water partition coefficient (Wildman–Crippen LogP) is 2.07. The second kappa shape index (κ2) is 7.16. The zero-order valence-corrected chi connectivity index (χ0v) is 12.8. The zero-order valence-electron chi connectivity index (χ0n) is 12.8. The van der Waals surface area contributed by atoms with Crippen LogP contribution in [0.4, 0.5) is 13.2 Å². The summed E-state index contributed by atoms with van der Waals surface area (Å²) in [4.78, 5) is 25.4. The van der Waals surface area contributed by atoms with E-state index in [-0.39, 0.29) is 50.4 Å². The quantitative estimate of drug-likeness (QED) is 0.848. The number of ether oxygens (including phenoxy) is 1. The molecule has 2 rings (SSSR count). The molecule has 0 unspecified atom stereocenters. The molecule has 1 saturated heterocycles. The van der Waals surface area contributed by atoms with Crippen molar-refractivity contribution in [1.29, 1.82) is 0 Å². The van der Waals surface area contributed by atoms with Crippen LogP contribution in [0, 0.1) is 6.92 Å². The molecule has 0 spiro atoms. The number of nitrogens with zero attached hydrogens (tertiary/aromatic N) is 2. The van der Waals surface area contributed by atoms with Crippen LogP contribution in [-0.2, 0) is 16.1 Å². The van der Waals surface area contributed by atoms with Crippen molar-refractivity contribution in [3.8, 4) is 0 Å². The fraction of sp³-hybridized carbons (Fsp3) is 0.600. The number of rotatable bonds is 4. The smallest absolute Gasteiger partial charge is 0.342 e. The molecule has 0 radical (unpaired) electrons. The average Bonchev–Trinajstić information content (AvgIpc) is 2.45. The number of aryl methyl sites for hydroxylation is 1. The first-order chi connectivity index (χ1) is 10.8. The van der Waals surface area contributed by atoms with Gasteiger partial charge in [0.15, 0.2) is 0 Å². The molecule has 1 aliphatic rings. The van der Waals surface area contributed by atoms with Crippen molar-refractivity contribution in [2.45, 2.75) is 45.2 Å². The molecule has 0 aliphatic carbocycles. The van der Waals surface area contributed by atoms with Crippen molar-refractivity contribution in [2.75, 3.05) is 13.1 Å². The van der Waals surface area contributed by atoms with E-state index in [9.17, 15) is 22.8 Å². The van der Waals surface area contributed by atoms with Crippen molar-refractivity contribution in [2.24, 2.45) is 0 Å². The second-order valence-electron chi connectivity index (χ2n) is 5.55. The van der Waals surface area contributed by atoms with Crippen molar-refractivity contribution in [1.82, 2.24) is 9.47 Å². The molecule has 0 aromatic carbocycles. The summed E-state index contributed by atoms with van der Waals surface area (Å²) in [6.07, 6.45) is -5.05. The van der Waals surface area contributed by atoms with E-state index >= 15 is 0 Å². The van der Waals surface area contributed by atoms with E-state index in [0.29, 0.717) is 0 Å². The van der Waals surface area contributed by atoms with Gasteiger partial charge in [0.25, 0.3) is 5.56 Å². The number of aromatic nitrogens is 1. The third kappa shape index (κ3) is 5.09. The summed E-state index contributed by atoms with van der Waals surface area (Å²) in [6.45, 7) is 2.53. The van der Waals surface area contributed by atoms with E-state index in [2.05, 4.69) is 4.74 Å². The van der Waals surface area contributed by atoms with Crippen LogP contribution in [0.3, 0.4) is 0 Å². The predicted molar refractivity (Wildman–Crippen MR) is 76.8 cm³/mol. The number of likely N-dealkylation sites (tertiary alicyclic amines) is 1. The normalized spacial score (nSPS) is 16.6. The van der Waals surface area contributed by atoms with Crippen LogP contribution in [0.1, 0.15) is 25.0 Å². The highest BCUT2D eigenvalue weighted by atomic mass is 19.4. The number of hydrogen-bond donors (Lipinski definition) is 0. The van der Waals surface area contributed by atoms with Crippen molar-refractivity contribution in [3.63, 3.8) is 0 Å². The lowest BCUT2D eigenvalue weighted by Gasteiger charge is -2.32. The van der Waals surface area contributed by atoms with Crippen molar-refractivity contribution < 1.29 is 22.7 Å². The Morgan fingerprint density at radius 1 is 1.30 bits per heavy atom. The van der Waals surface area contributed by atoms with Crippen LogP contribution in [0.15, 0.2) is 23.0 Å². The van der Waals surface area contributed by atoms with Gasteiger partial charge in [-0.2, -0.15) is 0 Å². The van der Waals surface area contributed by atoms with Gasteiger partial charge in [-0.15, -0.1) is 13.2 Å². The maximum Gasteiger partial charge on any atom is 0.522 e. The van der Waals surface area contributed by atoms with Crippen LogP contribution >= 0.6 is 0 Å². The van der Waals surface area contributed by atoms with Gasteiger partial charge < -0.3 is 9.47 Å². The highest BCUT2D eigenvalue weighted by Crippen LogP contribution is 2.24. The monoisotopic (exact) mass is 332 g/mol. The van der Waals surface area contributed by atoms with E-state index in [1.165, 1.54) is 15.5 Å². The number of piperidine rings is 1. The van der Waals surface area contributed by atoms with E-state index in [1.54, 1.807) is 19.1 Å². The van der Waals surface area contributed by atoms with Gasteiger partial charge in [0.2, 0.25) is 5.91 Å². The Bertz CT molecular complexity index is 605. The Labute approximate surface area is 131 Å². The first-order valence-corrected chi connectivity index (χ1v) is 7.45. The van der Waals surface area contributed by atoms with E-state index in [1.807, 2.05) is 0 Å². The lowest BCUT2D eigenvalue weighted by molar-refractivity contribution is -0.345. The molecular weight excluding hydrogens is 313 g/mol. The minimum absolute atomic E-state index is 0.148. The minimum Gasteiger partial charge on any atom is -0.342 e. The van der Waals surface area contributed by atoms with Crippen molar-refractivity contribution >= 4 is 5.91 Å². The molecule has 5 nitrogen and oxygen atoms in total. The van der Waals surface area contributed by atoms with E-state index in [0.717, 1.165) is 5.69 Å². The van der Waals surface area contributed by atoms with Gasteiger partial charge in [0.05, 0.1) is 6.10 Å². The standard InChI is InChI=1S/C15H19F3N2O3/c1-11-3-2-4-14(22)20(11)10-7-13(21)19-8-5-12(6-9-19)23-15(16,17)18/h2-4,12H,5-10H2,1H3. The number of halogens is 3. The Hall–Kier alpha value is -1.83. The van der Waals surface area contributed by atoms with Crippen LogP contribution in [0.5, 0.6) is 0 Å². The third-order valence-corrected chi connectivity index (χ3v) is 3.91. The van der Waals surface area contributed by atoms with Gasteiger partial charge in [-0.3, -0.25) is 14.3 Å². The fourth-order valence-electron chi connectivity index (χ4n) is 2.69. The number of amides is 1. The lowest BCUT2D eigenvalue weighted by Crippen LogP contribution is -2.42. The number of pyridine rings is 1. The summed E-state index contributed by atoms with van der Waals surface area (Å²) < 4.78 is 41.9. The Kier molecular flexibility index (Phi) is 5.46. The Morgan fingerprint density at radius 2 is 1.96 bits per heavy atom. The number of hydrogen-bond acceptors (Lipinski definition) is 3. The average molecular weight is 332 g/mol. The summed E-state index contributed by atoms with van der Waals surface area (Å²) in [5, 5.41) is 0. The van der Waals surface area contributed by atoms with E-state index < -0.39 is 12.5 Å². The van der Waals surface area contributed by atoms with E-state index in [4.69, 9.17) is 0 Å². The topological polar surface area (TPSA) is 51.5 Å². The first-order valence-electron chi connectivity index (χ1n) is 7.45. The first kappa shape index (κ1) is 17.5. The van der Waals surface area contributed by atoms with Gasteiger partial charge in [-0.05, 0) is 25.8 Å². The molecule has 0 N–H and O–H groups in total. The summed E-state index contributed by atoms with van der Waals surface area (Å²) in [6, 6.07) is 4.87. The third-order valence-electron chi connectivity index (χ3n) is 3.91. The second-order valence-corrected chi connectivity index (χ2v) is 5.55. The molecule has 1 fully saturated rings. The molecule has 128 valence electrons. The number of alkyl halides is 3. The number of carbonyl (C=O) groups excluding carboxylic acids is 1. The highest BCUT2D eigenvalue weighted by Gasteiger charge is 2.35. The van der Waals surface area contributed by atoms with Crippen LogP contribution < -0.4 is 5.56 Å². The molecular formula is C15H19F3N2O3. The molecule has 8 heteroatoms. The summed E-state index contributed by atoms with van der Waals surface area (Å²) in [5.74, 6) is -0.161. The summed E-state index contributed by atoms with van der Waals surface area (Å²) >= 11 is 0. The zero-order chi connectivity index (χ0) is 17.0. The number of carbonyl (C=O) groups is 1. The molecule has 1 aromatic heterocycles. The van der Waals surface area contributed by atoms with Crippen molar-refractivity contribution in [3.05, 3.63) is 34.2 Å². The SMILES string of the molecule is Cc1cccc(=O)n1CCC(=O)N1CCC(OC(F)(F)F)CC1. The molecule has 1 amide bonds. The van der Waals surface area contributed by atoms with Gasteiger partial charge in [0.1, 0.15) is 0 Å². The molecule has 0 saturated carbocycles. The minimum atomic E-state index is -4.64. The molecule has 1 aromatic rings. The molecule has 1 aliphatic heterocycles. The van der Waals surface area contributed by atoms with Gasteiger partial charge >= 0.3 is 6.36 Å². The largest absolute Gasteiger partial charge is 0.522 e. The van der Waals surface area contributed by atoms with Gasteiger partial charge in [-0.25, -0.2) is 0 Å². The molecule has 23 heavy (non-hydrogen) atoms. The molecule has 0 atom stereocenters. The summed E-state index contributed by atoms with van der Waals surface area (Å²) in [5.41, 5.74) is 0.595. The van der Waals surface area contributed by atoms with Crippen LogP contribution in [0.2, 0.25) is 0 Å². The lowest BCUT2D eigenvalue weighted by atomic mass is 10.1. The van der Waals surface area contributed by atoms with Gasteiger partial charge in [0, 0.05) is 37.8 Å².